The van der Waals surface area contributed by atoms with E-state index in [1.807, 2.05) is 11.5 Å². The summed E-state index contributed by atoms with van der Waals surface area (Å²) in [6.07, 6.45) is 0.616. The Hall–Kier alpha value is -2.76. The lowest BCUT2D eigenvalue weighted by Crippen LogP contribution is -2.05. The summed E-state index contributed by atoms with van der Waals surface area (Å²) in [5.74, 6) is -2.11. The van der Waals surface area contributed by atoms with Gasteiger partial charge in [-0.2, -0.15) is 0 Å². The molecule has 0 radical (unpaired) electrons. The van der Waals surface area contributed by atoms with Crippen molar-refractivity contribution < 1.29 is 18.7 Å². The minimum absolute atomic E-state index is 0.202. The Kier molecular flexibility index (Phi) is 3.82. The number of fused-ring (bicyclic) bond motifs is 1. The molecule has 3 aromatic rings. The second-order valence-corrected chi connectivity index (χ2v) is 5.22. The molecular formula is C17H14F2N2O2. The van der Waals surface area contributed by atoms with Gasteiger partial charge in [0.2, 0.25) is 0 Å². The van der Waals surface area contributed by atoms with Crippen LogP contribution in [0.25, 0.3) is 11.0 Å². The van der Waals surface area contributed by atoms with Crippen LogP contribution in [0.1, 0.15) is 28.7 Å². The first kappa shape index (κ1) is 15.1. The average molecular weight is 316 g/mol. The minimum Gasteiger partial charge on any atom is -0.478 e. The van der Waals surface area contributed by atoms with E-state index in [4.69, 9.17) is 5.11 Å². The van der Waals surface area contributed by atoms with Crippen LogP contribution in [0.2, 0.25) is 0 Å². The van der Waals surface area contributed by atoms with Gasteiger partial charge in [-0.05, 0) is 17.7 Å². The molecule has 0 atom stereocenters. The number of hydrogen-bond acceptors (Lipinski definition) is 2. The van der Waals surface area contributed by atoms with Gasteiger partial charge in [0.25, 0.3) is 0 Å². The number of carbonyl (C=O) groups is 1. The van der Waals surface area contributed by atoms with Crippen LogP contribution in [0.15, 0.2) is 36.4 Å². The number of rotatable bonds is 4. The zero-order chi connectivity index (χ0) is 16.6. The predicted octanol–water partition coefficient (Wildman–Crippen LogP) is 3.62. The first-order chi connectivity index (χ1) is 11.0. The smallest absolute Gasteiger partial charge is 0.335 e. The lowest BCUT2D eigenvalue weighted by molar-refractivity contribution is 0.0697. The number of hydrogen-bond donors (Lipinski definition) is 1. The van der Waals surface area contributed by atoms with Crippen LogP contribution in [0.5, 0.6) is 0 Å². The molecule has 0 fully saturated rings. The lowest BCUT2D eigenvalue weighted by Gasteiger charge is -2.09. The third kappa shape index (κ3) is 2.79. The van der Waals surface area contributed by atoms with Crippen molar-refractivity contribution in [1.82, 2.24) is 9.55 Å². The summed E-state index contributed by atoms with van der Waals surface area (Å²) in [5.41, 5.74) is 1.98. The molecule has 0 saturated heterocycles. The number of aromatic carboxylic acids is 1. The molecule has 1 heterocycles. The van der Waals surface area contributed by atoms with Crippen LogP contribution < -0.4 is 0 Å². The molecule has 3 rings (SSSR count). The molecule has 0 aliphatic heterocycles. The van der Waals surface area contributed by atoms with Crippen molar-refractivity contribution in [2.45, 2.75) is 19.9 Å². The second-order valence-electron chi connectivity index (χ2n) is 5.22. The first-order valence-corrected chi connectivity index (χ1v) is 7.16. The van der Waals surface area contributed by atoms with Gasteiger partial charge in [0.15, 0.2) is 11.6 Å². The van der Waals surface area contributed by atoms with Crippen LogP contribution in [0.4, 0.5) is 8.78 Å². The molecule has 0 aliphatic carbocycles. The van der Waals surface area contributed by atoms with Gasteiger partial charge in [0, 0.05) is 25.1 Å². The van der Waals surface area contributed by atoms with E-state index < -0.39 is 17.6 Å². The standard InChI is InChI=1S/C17H14F2N2O2/c1-2-16-20-14-7-12(18)13(19)8-15(14)21(16)9-10-3-5-11(6-4-10)17(22)23/h3-8H,2,9H2,1H3,(H,22,23). The zero-order valence-corrected chi connectivity index (χ0v) is 12.4. The molecule has 6 heteroatoms. The van der Waals surface area contributed by atoms with Crippen molar-refractivity contribution in [3.05, 3.63) is 65.0 Å². The van der Waals surface area contributed by atoms with E-state index in [9.17, 15) is 13.6 Å². The summed E-state index contributed by atoms with van der Waals surface area (Å²) in [5, 5.41) is 8.92. The van der Waals surface area contributed by atoms with E-state index in [1.165, 1.54) is 12.1 Å². The Labute approximate surface area is 131 Å². The largest absolute Gasteiger partial charge is 0.478 e. The summed E-state index contributed by atoms with van der Waals surface area (Å²) < 4.78 is 28.7. The van der Waals surface area contributed by atoms with Gasteiger partial charge in [-0.15, -0.1) is 0 Å². The summed E-state index contributed by atoms with van der Waals surface area (Å²) in [6.45, 7) is 2.32. The number of halogens is 2. The number of aryl methyl sites for hydroxylation is 1. The fraction of sp³-hybridized carbons (Fsp3) is 0.176. The normalized spacial score (nSPS) is 11.1. The van der Waals surface area contributed by atoms with Crippen LogP contribution in [0, 0.1) is 11.6 Å². The molecule has 2 aromatic carbocycles. The fourth-order valence-corrected chi connectivity index (χ4v) is 2.55. The van der Waals surface area contributed by atoms with Crippen molar-refractivity contribution in [3.8, 4) is 0 Å². The molecule has 0 spiro atoms. The fourth-order valence-electron chi connectivity index (χ4n) is 2.55. The monoisotopic (exact) mass is 316 g/mol. The summed E-state index contributed by atoms with van der Waals surface area (Å²) in [7, 11) is 0. The zero-order valence-electron chi connectivity index (χ0n) is 12.4. The molecule has 23 heavy (non-hydrogen) atoms. The number of benzene rings is 2. The van der Waals surface area contributed by atoms with Crippen LogP contribution >= 0.6 is 0 Å². The Morgan fingerprint density at radius 2 is 1.83 bits per heavy atom. The third-order valence-electron chi connectivity index (χ3n) is 3.73. The van der Waals surface area contributed by atoms with Crippen LogP contribution in [-0.2, 0) is 13.0 Å². The lowest BCUT2D eigenvalue weighted by atomic mass is 10.1. The SMILES string of the molecule is CCc1nc2cc(F)c(F)cc2n1Cc1ccc(C(=O)O)cc1. The van der Waals surface area contributed by atoms with Gasteiger partial charge in [0.05, 0.1) is 16.6 Å². The van der Waals surface area contributed by atoms with E-state index in [0.717, 1.165) is 17.7 Å². The number of nitrogens with zero attached hydrogens (tertiary/aromatic N) is 2. The first-order valence-electron chi connectivity index (χ1n) is 7.16. The Balaban J connectivity index is 2.04. The quantitative estimate of drug-likeness (QED) is 0.800. The maximum atomic E-state index is 13.5. The number of imidazole rings is 1. The highest BCUT2D eigenvalue weighted by Crippen LogP contribution is 2.22. The molecule has 0 unspecified atom stereocenters. The van der Waals surface area contributed by atoms with Gasteiger partial charge in [0.1, 0.15) is 5.82 Å². The molecule has 1 N–H and O–H groups in total. The highest BCUT2D eigenvalue weighted by atomic mass is 19.2. The molecule has 0 amide bonds. The maximum absolute atomic E-state index is 13.5. The summed E-state index contributed by atoms with van der Waals surface area (Å²) in [4.78, 5) is 15.2. The number of aromatic nitrogens is 2. The molecular weight excluding hydrogens is 302 g/mol. The number of carboxylic acid groups (broad SMARTS) is 1. The van der Waals surface area contributed by atoms with Crippen LogP contribution in [0.3, 0.4) is 0 Å². The van der Waals surface area contributed by atoms with Crippen molar-refractivity contribution >= 4 is 17.0 Å². The van der Waals surface area contributed by atoms with E-state index in [2.05, 4.69) is 4.98 Å². The van der Waals surface area contributed by atoms with Crippen molar-refractivity contribution in [3.63, 3.8) is 0 Å². The average Bonchev–Trinajstić information content (AvgIpc) is 2.85. The van der Waals surface area contributed by atoms with Gasteiger partial charge in [-0.25, -0.2) is 18.6 Å². The van der Waals surface area contributed by atoms with E-state index in [0.29, 0.717) is 29.8 Å². The predicted molar refractivity (Wildman–Crippen MR) is 81.5 cm³/mol. The van der Waals surface area contributed by atoms with Gasteiger partial charge in [-0.3, -0.25) is 0 Å². The van der Waals surface area contributed by atoms with Crippen LogP contribution in [-0.4, -0.2) is 20.6 Å². The number of carboxylic acids is 1. The molecule has 0 aliphatic rings. The van der Waals surface area contributed by atoms with Crippen molar-refractivity contribution in [1.29, 1.82) is 0 Å². The highest BCUT2D eigenvalue weighted by molar-refractivity contribution is 5.87. The van der Waals surface area contributed by atoms with Gasteiger partial charge < -0.3 is 9.67 Å². The topological polar surface area (TPSA) is 55.1 Å². The van der Waals surface area contributed by atoms with Gasteiger partial charge in [-0.1, -0.05) is 19.1 Å². The Morgan fingerprint density at radius 3 is 2.43 bits per heavy atom. The van der Waals surface area contributed by atoms with E-state index in [-0.39, 0.29) is 5.56 Å². The highest BCUT2D eigenvalue weighted by Gasteiger charge is 2.14. The Morgan fingerprint density at radius 1 is 1.17 bits per heavy atom. The maximum Gasteiger partial charge on any atom is 0.335 e. The molecule has 4 nitrogen and oxygen atoms in total. The van der Waals surface area contributed by atoms with Gasteiger partial charge >= 0.3 is 5.97 Å². The van der Waals surface area contributed by atoms with Crippen molar-refractivity contribution in [2.75, 3.05) is 0 Å². The molecule has 1 aromatic heterocycles. The van der Waals surface area contributed by atoms with E-state index in [1.54, 1.807) is 12.1 Å². The van der Waals surface area contributed by atoms with Crippen molar-refractivity contribution in [2.24, 2.45) is 0 Å². The second kappa shape index (κ2) is 5.79. The summed E-state index contributed by atoms with van der Waals surface area (Å²) >= 11 is 0. The minimum atomic E-state index is -0.989. The third-order valence-corrected chi connectivity index (χ3v) is 3.73. The summed E-state index contributed by atoms with van der Waals surface area (Å²) in [6, 6.07) is 8.67. The van der Waals surface area contributed by atoms with E-state index >= 15 is 0 Å². The molecule has 0 bridgehead atoms. The molecule has 0 saturated carbocycles. The molecule has 118 valence electrons. The Bertz CT molecular complexity index is 886.